The average molecular weight is 417 g/mol. The van der Waals surface area contributed by atoms with Crippen molar-refractivity contribution in [2.45, 2.75) is 39.3 Å². The topological polar surface area (TPSA) is 58.3 Å². The van der Waals surface area contributed by atoms with Gasteiger partial charge < -0.3 is 14.8 Å². The zero-order valence-electron chi connectivity index (χ0n) is 18.5. The van der Waals surface area contributed by atoms with Crippen molar-refractivity contribution in [3.05, 3.63) is 83.4 Å². The van der Waals surface area contributed by atoms with E-state index in [1.54, 1.807) is 0 Å². The van der Waals surface area contributed by atoms with Gasteiger partial charge in [-0.25, -0.2) is 4.99 Å². The summed E-state index contributed by atoms with van der Waals surface area (Å²) in [6, 6.07) is 21.3. The van der Waals surface area contributed by atoms with Crippen LogP contribution in [-0.4, -0.2) is 38.7 Å². The van der Waals surface area contributed by atoms with Gasteiger partial charge in [-0.1, -0.05) is 60.7 Å². The summed E-state index contributed by atoms with van der Waals surface area (Å²) in [5.74, 6) is 3.53. The first-order chi connectivity index (χ1) is 15.2. The van der Waals surface area contributed by atoms with E-state index in [9.17, 15) is 0 Å². The molecule has 1 aliphatic rings. The standard InChI is InChI=1S/C25H32N6/c1-20-28-29-24(30(20)2)19-27-25(26-18-23-11-7-4-8-12-23)31-15-13-22(14-16-31)17-21-9-5-3-6-10-21/h3-12,22H,13-19H2,1-2H3,(H,26,27). The molecular weight excluding hydrogens is 384 g/mol. The number of hydrogen-bond acceptors (Lipinski definition) is 3. The molecule has 1 aliphatic heterocycles. The molecule has 2 aromatic carbocycles. The zero-order valence-corrected chi connectivity index (χ0v) is 18.5. The second-order valence-corrected chi connectivity index (χ2v) is 8.32. The molecule has 0 spiro atoms. The third-order valence-corrected chi connectivity index (χ3v) is 6.12. The summed E-state index contributed by atoms with van der Waals surface area (Å²) >= 11 is 0. The van der Waals surface area contributed by atoms with Crippen molar-refractivity contribution in [2.24, 2.45) is 18.0 Å². The summed E-state index contributed by atoms with van der Waals surface area (Å²) in [5, 5.41) is 12.0. The molecule has 1 aromatic heterocycles. The first-order valence-corrected chi connectivity index (χ1v) is 11.1. The summed E-state index contributed by atoms with van der Waals surface area (Å²) in [5.41, 5.74) is 2.66. The molecule has 0 unspecified atom stereocenters. The first kappa shape index (κ1) is 21.1. The lowest BCUT2D eigenvalue weighted by atomic mass is 9.90. The highest BCUT2D eigenvalue weighted by Gasteiger charge is 2.22. The van der Waals surface area contributed by atoms with Crippen LogP contribution >= 0.6 is 0 Å². The van der Waals surface area contributed by atoms with Crippen LogP contribution in [-0.2, 0) is 26.6 Å². The van der Waals surface area contributed by atoms with Crippen molar-refractivity contribution in [1.82, 2.24) is 25.0 Å². The molecule has 162 valence electrons. The minimum atomic E-state index is 0.620. The molecule has 0 bridgehead atoms. The largest absolute Gasteiger partial charge is 0.349 e. The molecule has 0 radical (unpaired) electrons. The maximum atomic E-state index is 4.95. The molecule has 0 saturated carbocycles. The van der Waals surface area contributed by atoms with E-state index in [4.69, 9.17) is 4.99 Å². The highest BCUT2D eigenvalue weighted by molar-refractivity contribution is 5.80. The summed E-state index contributed by atoms with van der Waals surface area (Å²) in [6.07, 6.45) is 3.53. The maximum Gasteiger partial charge on any atom is 0.194 e. The lowest BCUT2D eigenvalue weighted by Crippen LogP contribution is -2.46. The van der Waals surface area contributed by atoms with Gasteiger partial charge in [-0.05, 0) is 43.2 Å². The number of nitrogens with one attached hydrogen (secondary N) is 1. The molecule has 31 heavy (non-hydrogen) atoms. The van der Waals surface area contributed by atoms with E-state index < -0.39 is 0 Å². The van der Waals surface area contributed by atoms with Crippen LogP contribution < -0.4 is 5.32 Å². The number of likely N-dealkylation sites (tertiary alicyclic amines) is 1. The van der Waals surface area contributed by atoms with Crippen molar-refractivity contribution >= 4 is 5.96 Å². The third kappa shape index (κ3) is 5.72. The van der Waals surface area contributed by atoms with Gasteiger partial charge in [-0.15, -0.1) is 10.2 Å². The van der Waals surface area contributed by atoms with Gasteiger partial charge in [-0.2, -0.15) is 0 Å². The Balaban J connectivity index is 1.40. The van der Waals surface area contributed by atoms with E-state index >= 15 is 0 Å². The van der Waals surface area contributed by atoms with Gasteiger partial charge in [0, 0.05) is 20.1 Å². The van der Waals surface area contributed by atoms with Crippen LogP contribution in [0.5, 0.6) is 0 Å². The van der Waals surface area contributed by atoms with Gasteiger partial charge in [0.15, 0.2) is 11.8 Å². The van der Waals surface area contributed by atoms with Crippen molar-refractivity contribution in [1.29, 1.82) is 0 Å². The number of benzene rings is 2. The van der Waals surface area contributed by atoms with E-state index in [0.717, 1.165) is 43.0 Å². The molecule has 6 nitrogen and oxygen atoms in total. The molecule has 1 N–H and O–H groups in total. The number of guanidine groups is 1. The van der Waals surface area contributed by atoms with E-state index in [2.05, 4.69) is 75.0 Å². The van der Waals surface area contributed by atoms with Crippen LogP contribution in [0.15, 0.2) is 65.7 Å². The summed E-state index contributed by atoms with van der Waals surface area (Å²) in [6.45, 7) is 5.31. The fourth-order valence-corrected chi connectivity index (χ4v) is 4.08. The highest BCUT2D eigenvalue weighted by Crippen LogP contribution is 2.22. The number of aryl methyl sites for hydroxylation is 1. The summed E-state index contributed by atoms with van der Waals surface area (Å²) in [7, 11) is 2.00. The number of aliphatic imine (C=N–C) groups is 1. The molecule has 1 fully saturated rings. The molecule has 4 rings (SSSR count). The lowest BCUT2D eigenvalue weighted by molar-refractivity contribution is 0.258. The van der Waals surface area contributed by atoms with Crippen LogP contribution in [0.3, 0.4) is 0 Å². The number of nitrogens with zero attached hydrogens (tertiary/aromatic N) is 5. The van der Waals surface area contributed by atoms with Gasteiger partial charge >= 0.3 is 0 Å². The number of rotatable bonds is 6. The maximum absolute atomic E-state index is 4.95. The lowest BCUT2D eigenvalue weighted by Gasteiger charge is -2.34. The van der Waals surface area contributed by atoms with E-state index in [1.165, 1.54) is 24.0 Å². The Morgan fingerprint density at radius 1 is 0.968 bits per heavy atom. The van der Waals surface area contributed by atoms with Crippen LogP contribution in [0.25, 0.3) is 0 Å². The zero-order chi connectivity index (χ0) is 21.5. The molecule has 0 amide bonds. The molecule has 3 aromatic rings. The minimum Gasteiger partial charge on any atom is -0.349 e. The van der Waals surface area contributed by atoms with Crippen LogP contribution in [0.2, 0.25) is 0 Å². The Kier molecular flexibility index (Phi) is 6.97. The number of aromatic nitrogens is 3. The van der Waals surface area contributed by atoms with E-state index in [-0.39, 0.29) is 0 Å². The summed E-state index contributed by atoms with van der Waals surface area (Å²) < 4.78 is 2.02. The smallest absolute Gasteiger partial charge is 0.194 e. The Labute approximate surface area is 185 Å². The van der Waals surface area contributed by atoms with Crippen molar-refractivity contribution in [3.63, 3.8) is 0 Å². The van der Waals surface area contributed by atoms with E-state index in [0.29, 0.717) is 13.1 Å². The first-order valence-electron chi connectivity index (χ1n) is 11.1. The van der Waals surface area contributed by atoms with E-state index in [1.807, 2.05) is 24.6 Å². The Bertz CT molecular complexity index is 972. The van der Waals surface area contributed by atoms with Crippen molar-refractivity contribution < 1.29 is 0 Å². The van der Waals surface area contributed by atoms with Gasteiger partial charge in [0.2, 0.25) is 0 Å². The summed E-state index contributed by atoms with van der Waals surface area (Å²) in [4.78, 5) is 7.35. The minimum absolute atomic E-state index is 0.620. The van der Waals surface area contributed by atoms with Crippen LogP contribution in [0.4, 0.5) is 0 Å². The molecular formula is C25H32N6. The van der Waals surface area contributed by atoms with Crippen LogP contribution in [0, 0.1) is 12.8 Å². The van der Waals surface area contributed by atoms with Crippen molar-refractivity contribution in [2.75, 3.05) is 13.1 Å². The van der Waals surface area contributed by atoms with Gasteiger partial charge in [0.05, 0.1) is 13.1 Å². The predicted molar refractivity (Wildman–Crippen MR) is 125 cm³/mol. The molecule has 1 saturated heterocycles. The number of hydrogen-bond donors (Lipinski definition) is 1. The van der Waals surface area contributed by atoms with Gasteiger partial charge in [0.1, 0.15) is 5.82 Å². The second-order valence-electron chi connectivity index (χ2n) is 8.32. The molecule has 0 atom stereocenters. The quantitative estimate of drug-likeness (QED) is 0.491. The fraction of sp³-hybridized carbons (Fsp3) is 0.400. The van der Waals surface area contributed by atoms with Gasteiger partial charge in [0.25, 0.3) is 0 Å². The second kappa shape index (κ2) is 10.2. The molecule has 0 aliphatic carbocycles. The Hall–Kier alpha value is -3.15. The van der Waals surface area contributed by atoms with Gasteiger partial charge in [-0.3, -0.25) is 0 Å². The highest BCUT2D eigenvalue weighted by atomic mass is 15.3. The monoisotopic (exact) mass is 416 g/mol. The fourth-order valence-electron chi connectivity index (χ4n) is 4.08. The third-order valence-electron chi connectivity index (χ3n) is 6.12. The Morgan fingerprint density at radius 2 is 1.61 bits per heavy atom. The van der Waals surface area contributed by atoms with Crippen LogP contribution in [0.1, 0.15) is 35.6 Å². The SMILES string of the molecule is Cc1nnc(CNC(=NCc2ccccc2)N2CCC(Cc3ccccc3)CC2)n1C. The molecule has 6 heteroatoms. The van der Waals surface area contributed by atoms with Crippen molar-refractivity contribution in [3.8, 4) is 0 Å². The predicted octanol–water partition coefficient (Wildman–Crippen LogP) is 3.72. The molecule has 2 heterocycles. The average Bonchev–Trinajstić information content (AvgIpc) is 3.13. The normalized spacial score (nSPS) is 15.3. The Morgan fingerprint density at radius 3 is 2.23 bits per heavy atom. The number of piperidine rings is 1.